The predicted molar refractivity (Wildman–Crippen MR) is 137 cm³/mol. The van der Waals surface area contributed by atoms with Gasteiger partial charge >= 0.3 is 0 Å². The molecule has 6 rings (SSSR count). The van der Waals surface area contributed by atoms with Gasteiger partial charge in [-0.05, 0) is 53.5 Å². The van der Waals surface area contributed by atoms with E-state index < -0.39 is 18.0 Å². The van der Waals surface area contributed by atoms with Gasteiger partial charge in [0, 0.05) is 49.3 Å². The van der Waals surface area contributed by atoms with Crippen LogP contribution in [-0.2, 0) is 20.1 Å². The van der Waals surface area contributed by atoms with Crippen molar-refractivity contribution in [2.45, 2.75) is 31.8 Å². The van der Waals surface area contributed by atoms with E-state index in [4.69, 9.17) is 5.73 Å². The van der Waals surface area contributed by atoms with Gasteiger partial charge < -0.3 is 10.8 Å². The summed E-state index contributed by atoms with van der Waals surface area (Å²) in [6.07, 6.45) is 9.18. The third kappa shape index (κ3) is 4.25. The molecule has 10 heteroatoms. The molecule has 0 aliphatic heterocycles. The van der Waals surface area contributed by atoms with Crippen molar-refractivity contribution in [1.82, 2.24) is 29.3 Å². The number of hydrogen-bond acceptors (Lipinski definition) is 7. The SMILES string of the molecule is Cn1cc(Cc2nc(N)cc(-c3ccnc(-n4ccc5cc(C6CC6)cc(F)c5c4=O)c3CO)n2)cn1. The fourth-order valence-electron chi connectivity index (χ4n) is 4.73. The van der Waals surface area contributed by atoms with Gasteiger partial charge in [-0.15, -0.1) is 0 Å². The van der Waals surface area contributed by atoms with E-state index in [2.05, 4.69) is 20.1 Å². The number of nitrogens with zero attached hydrogens (tertiary/aromatic N) is 6. The Morgan fingerprint density at radius 2 is 2.03 bits per heavy atom. The minimum Gasteiger partial charge on any atom is -0.392 e. The van der Waals surface area contributed by atoms with Gasteiger partial charge in [-0.1, -0.05) is 6.07 Å². The van der Waals surface area contributed by atoms with E-state index in [0.29, 0.717) is 40.4 Å². The molecule has 0 amide bonds. The smallest absolute Gasteiger partial charge is 0.267 e. The molecule has 0 unspecified atom stereocenters. The molecule has 9 nitrogen and oxygen atoms in total. The molecule has 186 valence electrons. The van der Waals surface area contributed by atoms with Crippen molar-refractivity contribution >= 4 is 16.6 Å². The topological polar surface area (TPSA) is 125 Å². The first-order valence-electron chi connectivity index (χ1n) is 12.0. The number of aromatic nitrogens is 6. The van der Waals surface area contributed by atoms with Crippen LogP contribution >= 0.6 is 0 Å². The third-order valence-electron chi connectivity index (χ3n) is 6.64. The molecule has 4 aromatic heterocycles. The van der Waals surface area contributed by atoms with Crippen LogP contribution in [0, 0.1) is 5.82 Å². The molecule has 0 spiro atoms. The van der Waals surface area contributed by atoms with Crippen LogP contribution < -0.4 is 11.3 Å². The average molecular weight is 498 g/mol. The first-order chi connectivity index (χ1) is 17.9. The Kier molecular flexibility index (Phi) is 5.53. The van der Waals surface area contributed by atoms with Crippen molar-refractivity contribution in [2.75, 3.05) is 5.73 Å². The Bertz CT molecular complexity index is 1720. The summed E-state index contributed by atoms with van der Waals surface area (Å²) in [5, 5.41) is 15.1. The van der Waals surface area contributed by atoms with Crippen LogP contribution in [0.25, 0.3) is 27.8 Å². The van der Waals surface area contributed by atoms with Gasteiger partial charge in [0.15, 0.2) is 0 Å². The number of fused-ring (bicyclic) bond motifs is 1. The van der Waals surface area contributed by atoms with E-state index in [9.17, 15) is 9.90 Å². The van der Waals surface area contributed by atoms with Crippen molar-refractivity contribution < 1.29 is 9.50 Å². The van der Waals surface area contributed by atoms with E-state index in [1.54, 1.807) is 35.3 Å². The molecule has 1 aliphatic rings. The molecule has 37 heavy (non-hydrogen) atoms. The van der Waals surface area contributed by atoms with E-state index in [1.165, 1.54) is 16.8 Å². The number of benzene rings is 1. The van der Waals surface area contributed by atoms with E-state index in [1.807, 2.05) is 19.3 Å². The molecule has 0 saturated heterocycles. The Labute approximate surface area is 211 Å². The van der Waals surface area contributed by atoms with Gasteiger partial charge in [-0.2, -0.15) is 5.10 Å². The fraction of sp³-hybridized carbons (Fsp3) is 0.222. The van der Waals surface area contributed by atoms with Crippen LogP contribution in [0.2, 0.25) is 0 Å². The van der Waals surface area contributed by atoms with Crippen molar-refractivity contribution in [3.63, 3.8) is 0 Å². The van der Waals surface area contributed by atoms with Crippen LogP contribution in [0.3, 0.4) is 0 Å². The zero-order valence-electron chi connectivity index (χ0n) is 20.1. The van der Waals surface area contributed by atoms with Crippen molar-refractivity contribution in [3.05, 3.63) is 93.8 Å². The third-order valence-corrected chi connectivity index (χ3v) is 6.64. The second kappa shape index (κ2) is 8.90. The highest BCUT2D eigenvalue weighted by Gasteiger charge is 2.25. The van der Waals surface area contributed by atoms with Crippen LogP contribution in [0.5, 0.6) is 0 Å². The molecule has 1 saturated carbocycles. The van der Waals surface area contributed by atoms with Crippen LogP contribution in [-0.4, -0.2) is 34.4 Å². The highest BCUT2D eigenvalue weighted by atomic mass is 19.1. The molecule has 0 bridgehead atoms. The van der Waals surface area contributed by atoms with Gasteiger partial charge in [0.1, 0.15) is 23.3 Å². The number of halogens is 1. The molecular weight excluding hydrogens is 473 g/mol. The zero-order chi connectivity index (χ0) is 25.7. The molecular formula is C27H24FN7O2. The minimum absolute atomic E-state index is 0.00645. The highest BCUT2D eigenvalue weighted by Crippen LogP contribution is 2.41. The maximum Gasteiger partial charge on any atom is 0.267 e. The standard InChI is InChI=1S/C27H24FN7O2/c1-34-13-15(12-31-34)8-24-32-22(11-23(29)33-24)19-4-6-30-26(20(19)14-36)35-7-5-17-9-18(16-2-3-16)10-21(28)25(17)27(35)37/h4-7,9-13,16,36H,2-3,8,14H2,1H3,(H2,29,32,33). The van der Waals surface area contributed by atoms with Gasteiger partial charge in [0.2, 0.25) is 0 Å². The summed E-state index contributed by atoms with van der Waals surface area (Å²) in [6.45, 7) is -0.423. The molecule has 1 aromatic carbocycles. The number of anilines is 1. The molecule has 5 aromatic rings. The Balaban J connectivity index is 1.46. The quantitative estimate of drug-likeness (QED) is 0.369. The summed E-state index contributed by atoms with van der Waals surface area (Å²) >= 11 is 0. The zero-order valence-corrected chi connectivity index (χ0v) is 20.1. The Morgan fingerprint density at radius 3 is 2.76 bits per heavy atom. The van der Waals surface area contributed by atoms with Gasteiger partial charge in [-0.25, -0.2) is 19.3 Å². The number of aliphatic hydroxyl groups is 1. The van der Waals surface area contributed by atoms with E-state index in [0.717, 1.165) is 24.0 Å². The second-order valence-corrected chi connectivity index (χ2v) is 9.34. The molecule has 3 N–H and O–H groups in total. The predicted octanol–water partition coefficient (Wildman–Crippen LogP) is 3.26. The lowest BCUT2D eigenvalue weighted by molar-refractivity contribution is 0.281. The maximum atomic E-state index is 15.1. The lowest BCUT2D eigenvalue weighted by atomic mass is 10.0. The lowest BCUT2D eigenvalue weighted by Gasteiger charge is -2.15. The summed E-state index contributed by atoms with van der Waals surface area (Å²) in [5.74, 6) is 0.765. The van der Waals surface area contributed by atoms with Gasteiger partial charge in [-0.3, -0.25) is 14.0 Å². The minimum atomic E-state index is -0.552. The lowest BCUT2D eigenvalue weighted by Crippen LogP contribution is -2.21. The van der Waals surface area contributed by atoms with Crippen molar-refractivity contribution in [1.29, 1.82) is 0 Å². The first kappa shape index (κ1) is 23.0. The van der Waals surface area contributed by atoms with Crippen LogP contribution in [0.15, 0.2) is 59.9 Å². The molecule has 0 atom stereocenters. The van der Waals surface area contributed by atoms with E-state index in [-0.39, 0.29) is 17.0 Å². The largest absolute Gasteiger partial charge is 0.392 e. The monoisotopic (exact) mass is 497 g/mol. The number of hydrogen-bond donors (Lipinski definition) is 2. The number of aliphatic hydroxyl groups excluding tert-OH is 1. The van der Waals surface area contributed by atoms with Gasteiger partial charge in [0.05, 0.1) is 23.9 Å². The van der Waals surface area contributed by atoms with Crippen LogP contribution in [0.1, 0.15) is 41.3 Å². The van der Waals surface area contributed by atoms with Gasteiger partial charge in [0.25, 0.3) is 5.56 Å². The molecule has 0 radical (unpaired) electrons. The summed E-state index contributed by atoms with van der Waals surface area (Å²) in [6, 6.07) is 8.34. The maximum absolute atomic E-state index is 15.1. The summed E-state index contributed by atoms with van der Waals surface area (Å²) in [7, 11) is 1.83. The summed E-state index contributed by atoms with van der Waals surface area (Å²) < 4.78 is 18.0. The number of rotatable bonds is 6. The summed E-state index contributed by atoms with van der Waals surface area (Å²) in [5.41, 5.74) is 8.78. The Hall–Kier alpha value is -4.44. The van der Waals surface area contributed by atoms with Crippen LogP contribution in [0.4, 0.5) is 10.2 Å². The number of nitrogen functional groups attached to an aromatic ring is 1. The highest BCUT2D eigenvalue weighted by molar-refractivity contribution is 5.83. The van der Waals surface area contributed by atoms with Crippen molar-refractivity contribution in [2.24, 2.45) is 7.05 Å². The molecule has 1 fully saturated rings. The second-order valence-electron chi connectivity index (χ2n) is 9.34. The summed E-state index contributed by atoms with van der Waals surface area (Å²) in [4.78, 5) is 26.8. The molecule has 4 heterocycles. The first-order valence-corrected chi connectivity index (χ1v) is 12.0. The van der Waals surface area contributed by atoms with E-state index >= 15 is 4.39 Å². The number of pyridine rings is 2. The normalized spacial score (nSPS) is 13.4. The Morgan fingerprint density at radius 1 is 1.19 bits per heavy atom. The fourth-order valence-corrected chi connectivity index (χ4v) is 4.73. The van der Waals surface area contributed by atoms with Crippen molar-refractivity contribution in [3.8, 4) is 17.1 Å². The number of aryl methyl sites for hydroxylation is 1. The number of nitrogens with two attached hydrogens (primary N) is 1. The molecule has 1 aliphatic carbocycles. The average Bonchev–Trinajstić information content (AvgIpc) is 3.65.